The second kappa shape index (κ2) is 8.27. The summed E-state index contributed by atoms with van der Waals surface area (Å²) in [6.45, 7) is 3.93. The molecule has 0 saturated carbocycles. The van der Waals surface area contributed by atoms with Crippen LogP contribution in [0.4, 0.5) is 5.13 Å². The fraction of sp³-hybridized carbons (Fsp3) is 0.500. The zero-order valence-electron chi connectivity index (χ0n) is 15.3. The van der Waals surface area contributed by atoms with Gasteiger partial charge in [0, 0.05) is 36.9 Å². The van der Waals surface area contributed by atoms with Gasteiger partial charge in [-0.1, -0.05) is 12.1 Å². The van der Waals surface area contributed by atoms with Crippen LogP contribution >= 0.6 is 11.3 Å². The van der Waals surface area contributed by atoms with Gasteiger partial charge in [-0.15, -0.1) is 11.3 Å². The standard InChI is InChI=1S/C20H25N3O3S/c24-16-4-1-14(2-5-16)7-8-21-19(25)15-3-6-18-17(13-15)22-20(27-18)23-9-11-26-12-10-23/h1-2,4-5,15,24H,3,6-13H2,(H,21,25). The number of ether oxygens (including phenoxy) is 1. The molecule has 1 aliphatic heterocycles. The van der Waals surface area contributed by atoms with Crippen molar-refractivity contribution in [1.29, 1.82) is 0 Å². The molecule has 1 fully saturated rings. The third-order valence-corrected chi connectivity index (χ3v) is 6.45. The van der Waals surface area contributed by atoms with E-state index >= 15 is 0 Å². The predicted molar refractivity (Wildman–Crippen MR) is 105 cm³/mol. The number of thiazole rings is 1. The number of hydrogen-bond donors (Lipinski definition) is 2. The van der Waals surface area contributed by atoms with Gasteiger partial charge < -0.3 is 20.1 Å². The molecule has 4 rings (SSSR count). The molecule has 1 amide bonds. The molecule has 7 heteroatoms. The minimum atomic E-state index is 0.0111. The maximum absolute atomic E-state index is 12.6. The molecule has 0 radical (unpaired) electrons. The third-order valence-electron chi connectivity index (χ3n) is 5.23. The van der Waals surface area contributed by atoms with E-state index in [0.717, 1.165) is 68.4 Å². The summed E-state index contributed by atoms with van der Waals surface area (Å²) < 4.78 is 5.42. The Morgan fingerprint density at radius 3 is 2.85 bits per heavy atom. The van der Waals surface area contributed by atoms with Crippen LogP contribution in [-0.4, -0.2) is 48.8 Å². The van der Waals surface area contributed by atoms with E-state index in [0.29, 0.717) is 6.54 Å². The third kappa shape index (κ3) is 4.42. The van der Waals surface area contributed by atoms with Crippen LogP contribution in [0.15, 0.2) is 24.3 Å². The zero-order chi connectivity index (χ0) is 18.6. The van der Waals surface area contributed by atoms with Gasteiger partial charge in [0.1, 0.15) is 5.75 Å². The lowest BCUT2D eigenvalue weighted by Crippen LogP contribution is -2.36. The quantitative estimate of drug-likeness (QED) is 0.822. The van der Waals surface area contributed by atoms with Gasteiger partial charge in [0.25, 0.3) is 0 Å². The second-order valence-electron chi connectivity index (χ2n) is 7.11. The second-order valence-corrected chi connectivity index (χ2v) is 8.17. The predicted octanol–water partition coefficient (Wildman–Crippen LogP) is 2.15. The largest absolute Gasteiger partial charge is 0.508 e. The van der Waals surface area contributed by atoms with Gasteiger partial charge in [-0.05, 0) is 37.0 Å². The van der Waals surface area contributed by atoms with Crippen LogP contribution in [-0.2, 0) is 28.8 Å². The SMILES string of the molecule is O=C(NCCc1ccc(O)cc1)C1CCc2sc(N3CCOCC3)nc2C1. The van der Waals surface area contributed by atoms with Gasteiger partial charge >= 0.3 is 0 Å². The molecule has 2 N–H and O–H groups in total. The van der Waals surface area contributed by atoms with Gasteiger partial charge in [0.05, 0.1) is 18.9 Å². The lowest BCUT2D eigenvalue weighted by molar-refractivity contribution is -0.125. The number of rotatable bonds is 5. The highest BCUT2D eigenvalue weighted by Gasteiger charge is 2.28. The highest BCUT2D eigenvalue weighted by Crippen LogP contribution is 2.34. The van der Waals surface area contributed by atoms with E-state index in [1.54, 1.807) is 23.5 Å². The average molecular weight is 388 g/mol. The maximum atomic E-state index is 12.6. The number of phenolic OH excluding ortho intramolecular Hbond substituents is 1. The van der Waals surface area contributed by atoms with Crippen molar-refractivity contribution in [3.05, 3.63) is 40.4 Å². The van der Waals surface area contributed by atoms with Crippen molar-refractivity contribution >= 4 is 22.4 Å². The van der Waals surface area contributed by atoms with Gasteiger partial charge in [-0.25, -0.2) is 4.98 Å². The van der Waals surface area contributed by atoms with Gasteiger partial charge in [-0.3, -0.25) is 4.79 Å². The number of anilines is 1. The van der Waals surface area contributed by atoms with E-state index in [1.165, 1.54) is 4.88 Å². The zero-order valence-corrected chi connectivity index (χ0v) is 16.1. The Hall–Kier alpha value is -2.12. The van der Waals surface area contributed by atoms with Crippen molar-refractivity contribution in [1.82, 2.24) is 10.3 Å². The van der Waals surface area contributed by atoms with Crippen molar-refractivity contribution in [3.63, 3.8) is 0 Å². The fourth-order valence-electron chi connectivity index (χ4n) is 3.62. The number of morpholine rings is 1. The summed E-state index contributed by atoms with van der Waals surface area (Å²) in [7, 11) is 0. The molecule has 2 aromatic rings. The monoisotopic (exact) mass is 387 g/mol. The summed E-state index contributed by atoms with van der Waals surface area (Å²) in [4.78, 5) is 21.0. The smallest absolute Gasteiger partial charge is 0.223 e. The lowest BCUT2D eigenvalue weighted by Gasteiger charge is -2.26. The maximum Gasteiger partial charge on any atom is 0.223 e. The molecule has 6 nitrogen and oxygen atoms in total. The van der Waals surface area contributed by atoms with Crippen LogP contribution in [0.25, 0.3) is 0 Å². The number of phenols is 1. The van der Waals surface area contributed by atoms with Crippen molar-refractivity contribution in [2.24, 2.45) is 5.92 Å². The van der Waals surface area contributed by atoms with Gasteiger partial charge in [-0.2, -0.15) is 0 Å². The highest BCUT2D eigenvalue weighted by molar-refractivity contribution is 7.15. The van der Waals surface area contributed by atoms with E-state index in [-0.39, 0.29) is 17.6 Å². The Bertz CT molecular complexity index is 784. The number of fused-ring (bicyclic) bond motifs is 1. The summed E-state index contributed by atoms with van der Waals surface area (Å²) in [6.07, 6.45) is 3.33. The average Bonchev–Trinajstić information content (AvgIpc) is 3.13. The number of nitrogens with one attached hydrogen (secondary N) is 1. The first-order chi connectivity index (χ1) is 13.2. The summed E-state index contributed by atoms with van der Waals surface area (Å²) >= 11 is 1.78. The molecule has 2 aliphatic rings. The van der Waals surface area contributed by atoms with Crippen molar-refractivity contribution in [3.8, 4) is 5.75 Å². The minimum Gasteiger partial charge on any atom is -0.508 e. The molecule has 1 aromatic carbocycles. The van der Waals surface area contributed by atoms with E-state index < -0.39 is 0 Å². The Morgan fingerprint density at radius 2 is 2.07 bits per heavy atom. The normalized spacial score (nSPS) is 19.6. The molecule has 0 spiro atoms. The van der Waals surface area contributed by atoms with E-state index in [1.807, 2.05) is 12.1 Å². The van der Waals surface area contributed by atoms with E-state index in [4.69, 9.17) is 9.72 Å². The number of aromatic hydroxyl groups is 1. The molecule has 0 bridgehead atoms. The Labute approximate surface area is 163 Å². The van der Waals surface area contributed by atoms with Crippen LogP contribution in [0.2, 0.25) is 0 Å². The van der Waals surface area contributed by atoms with Gasteiger partial charge in [0.15, 0.2) is 5.13 Å². The number of amides is 1. The minimum absolute atomic E-state index is 0.0111. The number of carbonyl (C=O) groups is 1. The number of nitrogens with zero attached hydrogens (tertiary/aromatic N) is 2. The van der Waals surface area contributed by atoms with Crippen molar-refractivity contribution in [2.75, 3.05) is 37.7 Å². The fourth-order valence-corrected chi connectivity index (χ4v) is 4.77. The van der Waals surface area contributed by atoms with Crippen molar-refractivity contribution < 1.29 is 14.6 Å². The molecule has 1 aliphatic carbocycles. The van der Waals surface area contributed by atoms with E-state index in [2.05, 4.69) is 10.2 Å². The molecule has 1 aromatic heterocycles. The highest BCUT2D eigenvalue weighted by atomic mass is 32.1. The van der Waals surface area contributed by atoms with Crippen LogP contribution in [0.3, 0.4) is 0 Å². The summed E-state index contributed by atoms with van der Waals surface area (Å²) in [6, 6.07) is 7.12. The molecule has 1 atom stereocenters. The molecular weight excluding hydrogens is 362 g/mol. The topological polar surface area (TPSA) is 74.7 Å². The summed E-state index contributed by atoms with van der Waals surface area (Å²) in [5.41, 5.74) is 2.21. The van der Waals surface area contributed by atoms with Crippen LogP contribution in [0.5, 0.6) is 5.75 Å². The first-order valence-electron chi connectivity index (χ1n) is 9.56. The summed E-state index contributed by atoms with van der Waals surface area (Å²) in [5.74, 6) is 0.401. The Kier molecular flexibility index (Phi) is 5.59. The van der Waals surface area contributed by atoms with Crippen LogP contribution in [0.1, 0.15) is 22.6 Å². The number of aromatic nitrogens is 1. The van der Waals surface area contributed by atoms with E-state index in [9.17, 15) is 9.90 Å². The molecule has 144 valence electrons. The number of aryl methyl sites for hydroxylation is 1. The molecule has 1 saturated heterocycles. The van der Waals surface area contributed by atoms with Gasteiger partial charge in [0.2, 0.25) is 5.91 Å². The first kappa shape index (κ1) is 18.3. The van der Waals surface area contributed by atoms with Crippen LogP contribution in [0, 0.1) is 5.92 Å². The molecule has 27 heavy (non-hydrogen) atoms. The molecule has 1 unspecified atom stereocenters. The first-order valence-corrected chi connectivity index (χ1v) is 10.4. The lowest BCUT2D eigenvalue weighted by atomic mass is 9.90. The summed E-state index contributed by atoms with van der Waals surface area (Å²) in [5, 5.41) is 13.5. The van der Waals surface area contributed by atoms with Crippen molar-refractivity contribution in [2.45, 2.75) is 25.7 Å². The Morgan fingerprint density at radius 1 is 1.30 bits per heavy atom. The Balaban J connectivity index is 1.30. The molecule has 2 heterocycles. The number of hydrogen-bond acceptors (Lipinski definition) is 6. The molecular formula is C20H25N3O3S. The van der Waals surface area contributed by atoms with Crippen LogP contribution < -0.4 is 10.2 Å². The number of benzene rings is 1. The number of carbonyl (C=O) groups excluding carboxylic acids is 1.